The van der Waals surface area contributed by atoms with E-state index in [0.717, 1.165) is 31.5 Å². The zero-order valence-electron chi connectivity index (χ0n) is 20.7. The Morgan fingerprint density at radius 3 is 2.53 bits per heavy atom. The average Bonchev–Trinajstić information content (AvgIpc) is 3.37. The number of halogens is 1. The lowest BCUT2D eigenvalue weighted by Crippen LogP contribution is -2.45. The van der Waals surface area contributed by atoms with Gasteiger partial charge in [0.25, 0.3) is 11.8 Å². The number of hydrazone groups is 1. The number of hydrogen-bond donors (Lipinski definition) is 2. The van der Waals surface area contributed by atoms with Gasteiger partial charge in [-0.3, -0.25) is 14.5 Å². The molecule has 1 unspecified atom stereocenters. The van der Waals surface area contributed by atoms with Gasteiger partial charge in [-0.2, -0.15) is 5.10 Å². The topological polar surface area (TPSA) is 86.9 Å². The standard InChI is InChI=1S/C28H33ClN4O3/c1-3-33(4-2)25(15-8-9-18-30-27(34)21-11-6-5-7-12-21)28(35)32-31-20-24-16-17-26(36-24)22-13-10-14-23(29)19-22/h5-7,10-14,16-17,19-20,25H,3-4,8-9,15,18H2,1-2H3,(H,30,34)(H,32,35). The van der Waals surface area contributed by atoms with Crippen molar-refractivity contribution < 1.29 is 14.0 Å². The van der Waals surface area contributed by atoms with Crippen LogP contribution in [0.4, 0.5) is 0 Å². The van der Waals surface area contributed by atoms with E-state index in [4.69, 9.17) is 16.0 Å². The predicted molar refractivity (Wildman–Crippen MR) is 144 cm³/mol. The van der Waals surface area contributed by atoms with Gasteiger partial charge in [-0.05, 0) is 68.8 Å². The zero-order valence-corrected chi connectivity index (χ0v) is 21.5. The van der Waals surface area contributed by atoms with Gasteiger partial charge in [0.15, 0.2) is 0 Å². The summed E-state index contributed by atoms with van der Waals surface area (Å²) in [6.07, 6.45) is 3.74. The molecule has 190 valence electrons. The van der Waals surface area contributed by atoms with E-state index in [1.165, 1.54) is 6.21 Å². The Balaban J connectivity index is 1.49. The molecule has 0 radical (unpaired) electrons. The fourth-order valence-electron chi connectivity index (χ4n) is 3.95. The molecule has 2 N–H and O–H groups in total. The van der Waals surface area contributed by atoms with Crippen LogP contribution in [0.1, 0.15) is 49.2 Å². The summed E-state index contributed by atoms with van der Waals surface area (Å²) < 4.78 is 5.80. The molecule has 8 heteroatoms. The fraction of sp³-hybridized carbons (Fsp3) is 0.321. The summed E-state index contributed by atoms with van der Waals surface area (Å²) in [7, 11) is 0. The molecule has 7 nitrogen and oxygen atoms in total. The van der Waals surface area contributed by atoms with Crippen LogP contribution in [-0.2, 0) is 4.79 Å². The van der Waals surface area contributed by atoms with Crippen molar-refractivity contribution in [3.05, 3.63) is 83.1 Å². The second kappa shape index (κ2) is 14.2. The van der Waals surface area contributed by atoms with E-state index >= 15 is 0 Å². The molecule has 0 aliphatic heterocycles. The van der Waals surface area contributed by atoms with E-state index < -0.39 is 0 Å². The van der Waals surface area contributed by atoms with E-state index in [-0.39, 0.29) is 17.9 Å². The first-order valence-corrected chi connectivity index (χ1v) is 12.7. The molecular formula is C28H33ClN4O3. The second-order valence-corrected chi connectivity index (χ2v) is 8.74. The highest BCUT2D eigenvalue weighted by molar-refractivity contribution is 6.30. The van der Waals surface area contributed by atoms with Crippen molar-refractivity contribution in [2.75, 3.05) is 19.6 Å². The highest BCUT2D eigenvalue weighted by Crippen LogP contribution is 2.24. The number of amides is 2. The summed E-state index contributed by atoms with van der Waals surface area (Å²) in [4.78, 5) is 27.2. The fourth-order valence-corrected chi connectivity index (χ4v) is 4.14. The predicted octanol–water partition coefficient (Wildman–Crippen LogP) is 5.36. The average molecular weight is 509 g/mol. The van der Waals surface area contributed by atoms with Crippen molar-refractivity contribution >= 4 is 29.6 Å². The number of carbonyl (C=O) groups excluding carboxylic acids is 2. The molecule has 0 aliphatic rings. The number of likely N-dealkylation sites (N-methyl/N-ethyl adjacent to an activating group) is 1. The molecule has 36 heavy (non-hydrogen) atoms. The van der Waals surface area contributed by atoms with Crippen LogP contribution in [-0.4, -0.2) is 48.6 Å². The maximum Gasteiger partial charge on any atom is 0.257 e. The number of carbonyl (C=O) groups is 2. The third-order valence-electron chi connectivity index (χ3n) is 5.88. The van der Waals surface area contributed by atoms with E-state index in [1.807, 2.05) is 56.3 Å². The van der Waals surface area contributed by atoms with Crippen molar-refractivity contribution in [3.63, 3.8) is 0 Å². The highest BCUT2D eigenvalue weighted by Gasteiger charge is 2.23. The number of nitrogens with zero attached hydrogens (tertiary/aromatic N) is 2. The molecule has 0 saturated heterocycles. The van der Waals surface area contributed by atoms with Gasteiger partial charge < -0.3 is 9.73 Å². The summed E-state index contributed by atoms with van der Waals surface area (Å²) in [5, 5.41) is 7.68. The van der Waals surface area contributed by atoms with E-state index in [1.54, 1.807) is 24.3 Å². The molecule has 0 spiro atoms. The van der Waals surface area contributed by atoms with Crippen LogP contribution in [0.15, 0.2) is 76.2 Å². The molecule has 1 atom stereocenters. The Morgan fingerprint density at radius 1 is 1.03 bits per heavy atom. The molecule has 0 aliphatic carbocycles. The van der Waals surface area contributed by atoms with Crippen LogP contribution in [0.5, 0.6) is 0 Å². The Bertz CT molecular complexity index is 1140. The molecule has 0 bridgehead atoms. The summed E-state index contributed by atoms with van der Waals surface area (Å²) in [5.41, 5.74) is 4.17. The van der Waals surface area contributed by atoms with Crippen LogP contribution in [0.2, 0.25) is 5.02 Å². The molecule has 3 rings (SSSR count). The van der Waals surface area contributed by atoms with Crippen LogP contribution < -0.4 is 10.7 Å². The smallest absolute Gasteiger partial charge is 0.257 e. The number of benzene rings is 2. The largest absolute Gasteiger partial charge is 0.455 e. The lowest BCUT2D eigenvalue weighted by molar-refractivity contribution is -0.126. The number of furan rings is 1. The molecule has 0 fully saturated rings. The maximum absolute atomic E-state index is 12.9. The Morgan fingerprint density at radius 2 is 1.81 bits per heavy atom. The Hall–Kier alpha value is -3.42. The van der Waals surface area contributed by atoms with Crippen molar-refractivity contribution in [3.8, 4) is 11.3 Å². The number of unbranched alkanes of at least 4 members (excludes halogenated alkanes) is 1. The first-order valence-electron chi connectivity index (χ1n) is 12.3. The third-order valence-corrected chi connectivity index (χ3v) is 6.12. The normalized spacial score (nSPS) is 12.1. The van der Waals surface area contributed by atoms with Gasteiger partial charge in [-0.1, -0.05) is 55.8 Å². The highest BCUT2D eigenvalue weighted by atomic mass is 35.5. The quantitative estimate of drug-likeness (QED) is 0.185. The molecule has 1 heterocycles. The summed E-state index contributed by atoms with van der Waals surface area (Å²) >= 11 is 6.05. The van der Waals surface area contributed by atoms with Gasteiger partial charge in [0, 0.05) is 22.7 Å². The lowest BCUT2D eigenvalue weighted by Gasteiger charge is -2.27. The van der Waals surface area contributed by atoms with Crippen LogP contribution in [0.25, 0.3) is 11.3 Å². The SMILES string of the molecule is CCN(CC)C(CCCCNC(=O)c1ccccc1)C(=O)NN=Cc1ccc(-c2cccc(Cl)c2)o1. The third kappa shape index (κ3) is 8.07. The molecular weight excluding hydrogens is 476 g/mol. The van der Waals surface area contributed by atoms with Crippen molar-refractivity contribution in [1.29, 1.82) is 0 Å². The molecule has 0 saturated carbocycles. The number of nitrogens with one attached hydrogen (secondary N) is 2. The van der Waals surface area contributed by atoms with Crippen molar-refractivity contribution in [2.45, 2.75) is 39.2 Å². The van der Waals surface area contributed by atoms with E-state index in [2.05, 4.69) is 20.7 Å². The Labute approximate surface area is 217 Å². The van der Waals surface area contributed by atoms with Gasteiger partial charge in [-0.25, -0.2) is 5.43 Å². The van der Waals surface area contributed by atoms with Crippen LogP contribution in [0.3, 0.4) is 0 Å². The van der Waals surface area contributed by atoms with Gasteiger partial charge >= 0.3 is 0 Å². The second-order valence-electron chi connectivity index (χ2n) is 8.30. The zero-order chi connectivity index (χ0) is 25.8. The first-order chi connectivity index (χ1) is 17.5. The van der Waals surface area contributed by atoms with E-state index in [9.17, 15) is 9.59 Å². The number of hydrogen-bond acceptors (Lipinski definition) is 5. The molecule has 2 amide bonds. The lowest BCUT2D eigenvalue weighted by atomic mass is 10.1. The summed E-state index contributed by atoms with van der Waals surface area (Å²) in [5.74, 6) is 0.953. The molecule has 1 aromatic heterocycles. The minimum absolute atomic E-state index is 0.0839. The van der Waals surface area contributed by atoms with Crippen LogP contribution >= 0.6 is 11.6 Å². The number of rotatable bonds is 13. The van der Waals surface area contributed by atoms with Gasteiger partial charge in [-0.15, -0.1) is 0 Å². The van der Waals surface area contributed by atoms with E-state index in [0.29, 0.717) is 35.1 Å². The van der Waals surface area contributed by atoms with Crippen LogP contribution in [0, 0.1) is 0 Å². The van der Waals surface area contributed by atoms with Crippen molar-refractivity contribution in [2.24, 2.45) is 5.10 Å². The first kappa shape index (κ1) is 27.2. The van der Waals surface area contributed by atoms with Gasteiger partial charge in [0.1, 0.15) is 11.5 Å². The summed E-state index contributed by atoms with van der Waals surface area (Å²) in [6, 6.07) is 19.9. The summed E-state index contributed by atoms with van der Waals surface area (Å²) in [6.45, 7) is 6.14. The minimum Gasteiger partial charge on any atom is -0.455 e. The molecule has 3 aromatic rings. The van der Waals surface area contributed by atoms with Gasteiger partial charge in [0.05, 0.1) is 12.3 Å². The minimum atomic E-state index is -0.305. The molecule has 2 aromatic carbocycles. The maximum atomic E-state index is 12.9. The van der Waals surface area contributed by atoms with Crippen molar-refractivity contribution in [1.82, 2.24) is 15.6 Å². The Kier molecular flexibility index (Phi) is 10.7. The van der Waals surface area contributed by atoms with Gasteiger partial charge in [0.2, 0.25) is 0 Å². The monoisotopic (exact) mass is 508 g/mol.